The molecule has 0 spiro atoms. The third-order valence-corrected chi connectivity index (χ3v) is 3.05. The molecule has 0 saturated carbocycles. The molecule has 0 radical (unpaired) electrons. The number of aromatic amines is 1. The molecule has 3 heterocycles. The molecular formula is C11H15N5. The van der Waals surface area contributed by atoms with Gasteiger partial charge in [-0.2, -0.15) is 5.10 Å². The molecule has 1 saturated heterocycles. The summed E-state index contributed by atoms with van der Waals surface area (Å²) in [6.45, 7) is 2.19. The Morgan fingerprint density at radius 2 is 2.19 bits per heavy atom. The van der Waals surface area contributed by atoms with Crippen molar-refractivity contribution >= 4 is 16.7 Å². The molecule has 0 aliphatic carbocycles. The summed E-state index contributed by atoms with van der Waals surface area (Å²) < 4.78 is 0. The van der Waals surface area contributed by atoms with E-state index in [-0.39, 0.29) is 0 Å². The van der Waals surface area contributed by atoms with Gasteiger partial charge in [0.15, 0.2) is 5.65 Å². The van der Waals surface area contributed by atoms with Crippen molar-refractivity contribution in [3.63, 3.8) is 0 Å². The van der Waals surface area contributed by atoms with Crippen molar-refractivity contribution in [1.29, 1.82) is 0 Å². The Kier molecular flexibility index (Phi) is 2.46. The number of pyridine rings is 1. The highest BCUT2D eigenvalue weighted by Gasteiger charge is 2.13. The topological polar surface area (TPSA) is 65.6 Å². The van der Waals surface area contributed by atoms with Crippen LogP contribution in [-0.4, -0.2) is 34.3 Å². The lowest BCUT2D eigenvalue weighted by atomic mass is 10.1. The Bertz CT molecular complexity index is 472. The summed E-state index contributed by atoms with van der Waals surface area (Å²) in [4.78, 5) is 4.22. The number of nitrogens with zero attached hydrogens (tertiary/aromatic N) is 2. The van der Waals surface area contributed by atoms with Crippen LogP contribution in [0.25, 0.3) is 11.0 Å². The van der Waals surface area contributed by atoms with Gasteiger partial charge in [-0.1, -0.05) is 0 Å². The van der Waals surface area contributed by atoms with E-state index in [1.807, 2.05) is 18.5 Å². The van der Waals surface area contributed by atoms with Crippen LogP contribution in [0.3, 0.4) is 0 Å². The van der Waals surface area contributed by atoms with E-state index in [9.17, 15) is 0 Å². The zero-order chi connectivity index (χ0) is 10.8. The molecule has 1 aliphatic rings. The molecule has 0 bridgehead atoms. The molecule has 2 aromatic rings. The van der Waals surface area contributed by atoms with Gasteiger partial charge in [0.1, 0.15) is 0 Å². The number of piperidine rings is 1. The molecule has 3 rings (SSSR count). The molecule has 1 fully saturated rings. The highest BCUT2D eigenvalue weighted by Crippen LogP contribution is 2.21. The Morgan fingerprint density at radius 1 is 1.31 bits per heavy atom. The quantitative estimate of drug-likeness (QED) is 0.705. The van der Waals surface area contributed by atoms with Gasteiger partial charge >= 0.3 is 0 Å². The van der Waals surface area contributed by atoms with Crippen LogP contribution in [0.4, 0.5) is 5.69 Å². The summed E-state index contributed by atoms with van der Waals surface area (Å²) in [5.41, 5.74) is 1.98. The summed E-state index contributed by atoms with van der Waals surface area (Å²) in [7, 11) is 0. The van der Waals surface area contributed by atoms with E-state index in [0.717, 1.165) is 29.8 Å². The van der Waals surface area contributed by atoms with Crippen molar-refractivity contribution in [3.05, 3.63) is 18.5 Å². The smallest absolute Gasteiger partial charge is 0.157 e. The number of H-pyrrole nitrogens is 1. The summed E-state index contributed by atoms with van der Waals surface area (Å²) in [5.74, 6) is 0. The van der Waals surface area contributed by atoms with E-state index in [4.69, 9.17) is 0 Å². The molecule has 3 N–H and O–H groups in total. The fourth-order valence-electron chi connectivity index (χ4n) is 2.16. The van der Waals surface area contributed by atoms with Gasteiger partial charge < -0.3 is 10.6 Å². The monoisotopic (exact) mass is 217 g/mol. The SMILES string of the molecule is c1cc(NC2CCNCC2)c2cn[nH]c2n1. The van der Waals surface area contributed by atoms with Crippen LogP contribution in [0.15, 0.2) is 18.5 Å². The van der Waals surface area contributed by atoms with Gasteiger partial charge in [0.05, 0.1) is 11.6 Å². The molecule has 2 aromatic heterocycles. The van der Waals surface area contributed by atoms with Crippen LogP contribution >= 0.6 is 0 Å². The van der Waals surface area contributed by atoms with Crippen molar-refractivity contribution < 1.29 is 0 Å². The maximum Gasteiger partial charge on any atom is 0.157 e. The van der Waals surface area contributed by atoms with Crippen LogP contribution in [0.1, 0.15) is 12.8 Å². The number of hydrogen-bond donors (Lipinski definition) is 3. The second-order valence-corrected chi connectivity index (χ2v) is 4.16. The lowest BCUT2D eigenvalue weighted by Crippen LogP contribution is -2.35. The molecule has 5 heteroatoms. The first kappa shape index (κ1) is 9.59. The van der Waals surface area contributed by atoms with E-state index < -0.39 is 0 Å². The molecule has 0 atom stereocenters. The van der Waals surface area contributed by atoms with E-state index >= 15 is 0 Å². The predicted octanol–water partition coefficient (Wildman–Crippen LogP) is 1.12. The molecule has 1 aliphatic heterocycles. The second-order valence-electron chi connectivity index (χ2n) is 4.16. The van der Waals surface area contributed by atoms with Gasteiger partial charge in [-0.15, -0.1) is 0 Å². The van der Waals surface area contributed by atoms with Crippen LogP contribution in [0, 0.1) is 0 Å². The Balaban J connectivity index is 1.85. The van der Waals surface area contributed by atoms with Crippen LogP contribution in [0.2, 0.25) is 0 Å². The highest BCUT2D eigenvalue weighted by atomic mass is 15.1. The van der Waals surface area contributed by atoms with Crippen molar-refractivity contribution in [1.82, 2.24) is 20.5 Å². The summed E-state index contributed by atoms with van der Waals surface area (Å²) in [6.07, 6.45) is 5.97. The predicted molar refractivity (Wildman–Crippen MR) is 63.4 cm³/mol. The number of fused-ring (bicyclic) bond motifs is 1. The van der Waals surface area contributed by atoms with E-state index in [0.29, 0.717) is 6.04 Å². The number of rotatable bonds is 2. The average Bonchev–Trinajstić information content (AvgIpc) is 2.80. The van der Waals surface area contributed by atoms with Crippen molar-refractivity contribution in [2.45, 2.75) is 18.9 Å². The third kappa shape index (κ3) is 1.74. The first-order valence-corrected chi connectivity index (χ1v) is 5.69. The minimum absolute atomic E-state index is 0.557. The standard InChI is InChI=1S/C11H15N5/c1-4-12-5-2-8(1)15-10-3-6-13-11-9(10)7-14-16-11/h3,6-8,12H,1-2,4-5H2,(H2,13,14,15,16). The lowest BCUT2D eigenvalue weighted by Gasteiger charge is -2.24. The fraction of sp³-hybridized carbons (Fsp3) is 0.455. The number of anilines is 1. The largest absolute Gasteiger partial charge is 0.382 e. The minimum Gasteiger partial charge on any atom is -0.382 e. The van der Waals surface area contributed by atoms with Gasteiger partial charge in [0, 0.05) is 17.9 Å². The first-order chi connectivity index (χ1) is 7.93. The van der Waals surface area contributed by atoms with Crippen molar-refractivity contribution in [2.24, 2.45) is 0 Å². The normalized spacial score (nSPS) is 17.8. The second kappa shape index (κ2) is 4.09. The zero-order valence-electron chi connectivity index (χ0n) is 9.03. The maximum atomic E-state index is 4.22. The zero-order valence-corrected chi connectivity index (χ0v) is 9.03. The molecule has 5 nitrogen and oxygen atoms in total. The summed E-state index contributed by atoms with van der Waals surface area (Å²) in [6, 6.07) is 2.57. The summed E-state index contributed by atoms with van der Waals surface area (Å²) >= 11 is 0. The molecule has 0 unspecified atom stereocenters. The number of nitrogens with one attached hydrogen (secondary N) is 3. The van der Waals surface area contributed by atoms with Crippen molar-refractivity contribution in [3.8, 4) is 0 Å². The van der Waals surface area contributed by atoms with Crippen LogP contribution in [-0.2, 0) is 0 Å². The Labute approximate surface area is 93.6 Å². The average molecular weight is 217 g/mol. The fourth-order valence-corrected chi connectivity index (χ4v) is 2.16. The Morgan fingerprint density at radius 3 is 3.06 bits per heavy atom. The van der Waals surface area contributed by atoms with E-state index in [1.165, 1.54) is 12.8 Å². The van der Waals surface area contributed by atoms with Crippen molar-refractivity contribution in [2.75, 3.05) is 18.4 Å². The van der Waals surface area contributed by atoms with Gasteiger partial charge in [0.2, 0.25) is 0 Å². The highest BCUT2D eigenvalue weighted by molar-refractivity contribution is 5.88. The van der Waals surface area contributed by atoms with Gasteiger partial charge in [-0.3, -0.25) is 5.10 Å². The molecule has 84 valence electrons. The maximum absolute atomic E-state index is 4.22. The van der Waals surface area contributed by atoms with Gasteiger partial charge in [-0.25, -0.2) is 4.98 Å². The minimum atomic E-state index is 0.557. The van der Waals surface area contributed by atoms with Crippen LogP contribution < -0.4 is 10.6 Å². The lowest BCUT2D eigenvalue weighted by molar-refractivity contribution is 0.479. The number of aromatic nitrogens is 3. The van der Waals surface area contributed by atoms with Crippen LogP contribution in [0.5, 0.6) is 0 Å². The third-order valence-electron chi connectivity index (χ3n) is 3.05. The van der Waals surface area contributed by atoms with Gasteiger partial charge in [-0.05, 0) is 32.0 Å². The molecule has 0 aromatic carbocycles. The summed E-state index contributed by atoms with van der Waals surface area (Å²) in [5, 5.41) is 14.9. The first-order valence-electron chi connectivity index (χ1n) is 5.69. The number of hydrogen-bond acceptors (Lipinski definition) is 4. The molecule has 0 amide bonds. The molecule has 16 heavy (non-hydrogen) atoms. The Hall–Kier alpha value is -1.62. The van der Waals surface area contributed by atoms with E-state index in [2.05, 4.69) is 25.8 Å². The molecular weight excluding hydrogens is 202 g/mol. The van der Waals surface area contributed by atoms with Gasteiger partial charge in [0.25, 0.3) is 0 Å². The van der Waals surface area contributed by atoms with E-state index in [1.54, 1.807) is 0 Å².